The summed E-state index contributed by atoms with van der Waals surface area (Å²) >= 11 is 5.93. The molecule has 0 radical (unpaired) electrons. The fraction of sp³-hybridized carbons (Fsp3) is 0.571. The Morgan fingerprint density at radius 2 is 2.12 bits per heavy atom. The van der Waals surface area contributed by atoms with Gasteiger partial charge in [-0.15, -0.1) is 0 Å². The fourth-order valence-electron chi connectivity index (χ4n) is 2.48. The summed E-state index contributed by atoms with van der Waals surface area (Å²) in [7, 11) is 0. The molecule has 0 bridgehead atoms. The first-order chi connectivity index (χ1) is 8.06. The molecular formula is C14H20ClNO. The molecule has 1 aromatic rings. The number of aromatic hydroxyl groups is 1. The maximum atomic E-state index is 9.40. The quantitative estimate of drug-likeness (QED) is 0.870. The largest absolute Gasteiger partial charge is 0.506 e. The number of hydrogen-bond acceptors (Lipinski definition) is 2. The molecule has 94 valence electrons. The van der Waals surface area contributed by atoms with Crippen LogP contribution in [0.3, 0.4) is 0 Å². The minimum Gasteiger partial charge on any atom is -0.506 e. The van der Waals surface area contributed by atoms with Crippen LogP contribution >= 0.6 is 11.6 Å². The lowest BCUT2D eigenvalue weighted by Gasteiger charge is -2.36. The number of halogens is 1. The highest BCUT2D eigenvalue weighted by Gasteiger charge is 2.22. The lowest BCUT2D eigenvalue weighted by Crippen LogP contribution is -2.40. The Bertz CT molecular complexity index is 394. The first-order valence-electron chi connectivity index (χ1n) is 6.27. The summed E-state index contributed by atoms with van der Waals surface area (Å²) in [5.41, 5.74) is 1.17. The highest BCUT2D eigenvalue weighted by molar-refractivity contribution is 6.32. The molecule has 17 heavy (non-hydrogen) atoms. The molecule has 1 aromatic carbocycles. The molecule has 0 saturated carbocycles. The second-order valence-corrected chi connectivity index (χ2v) is 5.65. The van der Waals surface area contributed by atoms with Gasteiger partial charge in [0.05, 0.1) is 5.02 Å². The Balaban J connectivity index is 2.06. The third-order valence-electron chi connectivity index (χ3n) is 3.64. The minimum atomic E-state index is 0.162. The van der Waals surface area contributed by atoms with Crippen LogP contribution in [0.25, 0.3) is 0 Å². The molecule has 0 amide bonds. The smallest absolute Gasteiger partial charge is 0.134 e. The first kappa shape index (κ1) is 12.7. The second-order valence-electron chi connectivity index (χ2n) is 5.25. The number of phenols is 1. The van der Waals surface area contributed by atoms with E-state index in [0.29, 0.717) is 11.1 Å². The second kappa shape index (κ2) is 5.28. The Labute approximate surface area is 108 Å². The van der Waals surface area contributed by atoms with Crippen LogP contribution in [0.4, 0.5) is 0 Å². The molecule has 0 aliphatic carbocycles. The molecule has 2 unspecified atom stereocenters. The maximum Gasteiger partial charge on any atom is 0.134 e. The van der Waals surface area contributed by atoms with Gasteiger partial charge in [0.1, 0.15) is 5.75 Å². The molecule has 0 spiro atoms. The van der Waals surface area contributed by atoms with E-state index >= 15 is 0 Å². The Kier molecular flexibility index (Phi) is 3.95. The summed E-state index contributed by atoms with van der Waals surface area (Å²) in [4.78, 5) is 2.50. The predicted octanol–water partition coefficient (Wildman–Crippen LogP) is 3.67. The van der Waals surface area contributed by atoms with Gasteiger partial charge in [0.25, 0.3) is 0 Å². The molecule has 1 aliphatic heterocycles. The van der Waals surface area contributed by atoms with Crippen molar-refractivity contribution < 1.29 is 5.11 Å². The number of hydrogen-bond donors (Lipinski definition) is 1. The van der Waals surface area contributed by atoms with Crippen molar-refractivity contribution in [3.63, 3.8) is 0 Å². The molecule has 1 heterocycles. The third kappa shape index (κ3) is 3.14. The summed E-state index contributed by atoms with van der Waals surface area (Å²) in [5.74, 6) is 0.939. The molecule has 1 fully saturated rings. The Morgan fingerprint density at radius 1 is 1.35 bits per heavy atom. The standard InChI is InChI=1S/C14H20ClNO/c1-10-3-4-11(2)16(8-10)9-12-5-6-14(17)13(15)7-12/h5-7,10-11,17H,3-4,8-9H2,1-2H3. The van der Waals surface area contributed by atoms with Crippen molar-refractivity contribution in [1.82, 2.24) is 4.90 Å². The van der Waals surface area contributed by atoms with Crippen LogP contribution in [0.5, 0.6) is 5.75 Å². The normalized spacial score (nSPS) is 26.1. The zero-order valence-corrected chi connectivity index (χ0v) is 11.2. The van der Waals surface area contributed by atoms with Gasteiger partial charge in [0.15, 0.2) is 0 Å². The lowest BCUT2D eigenvalue weighted by molar-refractivity contribution is 0.117. The monoisotopic (exact) mass is 253 g/mol. The van der Waals surface area contributed by atoms with Gasteiger partial charge in [0.2, 0.25) is 0 Å². The molecular weight excluding hydrogens is 234 g/mol. The molecule has 2 atom stereocenters. The van der Waals surface area contributed by atoms with Crippen molar-refractivity contribution in [3.05, 3.63) is 28.8 Å². The van der Waals surface area contributed by atoms with Gasteiger partial charge in [-0.2, -0.15) is 0 Å². The summed E-state index contributed by atoms with van der Waals surface area (Å²) in [6.45, 7) is 6.67. The van der Waals surface area contributed by atoms with Crippen molar-refractivity contribution >= 4 is 11.6 Å². The van der Waals surface area contributed by atoms with Gasteiger partial charge in [-0.1, -0.05) is 24.6 Å². The number of rotatable bonds is 2. The van der Waals surface area contributed by atoms with Crippen LogP contribution in [0.2, 0.25) is 5.02 Å². The van der Waals surface area contributed by atoms with Crippen molar-refractivity contribution in [3.8, 4) is 5.75 Å². The van der Waals surface area contributed by atoms with E-state index in [1.54, 1.807) is 6.07 Å². The van der Waals surface area contributed by atoms with Crippen LogP contribution in [-0.4, -0.2) is 22.6 Å². The summed E-state index contributed by atoms with van der Waals surface area (Å²) in [6.07, 6.45) is 2.60. The molecule has 2 nitrogen and oxygen atoms in total. The van der Waals surface area contributed by atoms with E-state index in [9.17, 15) is 5.11 Å². The molecule has 1 saturated heterocycles. The molecule has 2 rings (SSSR count). The average Bonchev–Trinajstić information content (AvgIpc) is 2.29. The van der Waals surface area contributed by atoms with E-state index in [1.807, 2.05) is 12.1 Å². The topological polar surface area (TPSA) is 23.5 Å². The number of likely N-dealkylation sites (tertiary alicyclic amines) is 1. The number of nitrogens with zero attached hydrogens (tertiary/aromatic N) is 1. The minimum absolute atomic E-state index is 0.162. The Hall–Kier alpha value is -0.730. The van der Waals surface area contributed by atoms with Crippen LogP contribution in [0, 0.1) is 5.92 Å². The van der Waals surface area contributed by atoms with Gasteiger partial charge >= 0.3 is 0 Å². The number of phenolic OH excluding ortho intramolecular Hbond substituents is 1. The van der Waals surface area contributed by atoms with Gasteiger partial charge in [0, 0.05) is 19.1 Å². The van der Waals surface area contributed by atoms with Crippen LogP contribution < -0.4 is 0 Å². The van der Waals surface area contributed by atoms with Gasteiger partial charge in [-0.25, -0.2) is 0 Å². The van der Waals surface area contributed by atoms with Crippen molar-refractivity contribution in [1.29, 1.82) is 0 Å². The van der Waals surface area contributed by atoms with Gasteiger partial charge < -0.3 is 5.11 Å². The summed E-state index contributed by atoms with van der Waals surface area (Å²) < 4.78 is 0. The van der Waals surface area contributed by atoms with Crippen molar-refractivity contribution in [2.75, 3.05) is 6.54 Å². The molecule has 1 aliphatic rings. The van der Waals surface area contributed by atoms with E-state index in [2.05, 4.69) is 18.7 Å². The van der Waals surface area contributed by atoms with Crippen LogP contribution in [-0.2, 0) is 6.54 Å². The van der Waals surface area contributed by atoms with E-state index in [0.717, 1.165) is 19.0 Å². The van der Waals surface area contributed by atoms with Crippen LogP contribution in [0.15, 0.2) is 18.2 Å². The molecule has 3 heteroatoms. The highest BCUT2D eigenvalue weighted by atomic mass is 35.5. The third-order valence-corrected chi connectivity index (χ3v) is 3.95. The lowest BCUT2D eigenvalue weighted by atomic mass is 9.94. The molecule has 0 aromatic heterocycles. The fourth-order valence-corrected chi connectivity index (χ4v) is 2.69. The maximum absolute atomic E-state index is 9.40. The first-order valence-corrected chi connectivity index (χ1v) is 6.65. The average molecular weight is 254 g/mol. The van der Waals surface area contributed by atoms with E-state index < -0.39 is 0 Å². The molecule has 1 N–H and O–H groups in total. The van der Waals surface area contributed by atoms with Crippen molar-refractivity contribution in [2.45, 2.75) is 39.3 Å². The van der Waals surface area contributed by atoms with Crippen LogP contribution in [0.1, 0.15) is 32.3 Å². The van der Waals surface area contributed by atoms with Crippen molar-refractivity contribution in [2.24, 2.45) is 5.92 Å². The van der Waals surface area contributed by atoms with E-state index in [-0.39, 0.29) is 5.75 Å². The van der Waals surface area contributed by atoms with E-state index in [4.69, 9.17) is 11.6 Å². The summed E-state index contributed by atoms with van der Waals surface area (Å²) in [6, 6.07) is 6.13. The zero-order valence-electron chi connectivity index (χ0n) is 10.5. The zero-order chi connectivity index (χ0) is 12.4. The Morgan fingerprint density at radius 3 is 2.82 bits per heavy atom. The number of piperidine rings is 1. The number of benzene rings is 1. The summed E-state index contributed by atoms with van der Waals surface area (Å²) in [5, 5.41) is 9.84. The van der Waals surface area contributed by atoms with E-state index in [1.165, 1.54) is 18.4 Å². The highest BCUT2D eigenvalue weighted by Crippen LogP contribution is 2.27. The SMILES string of the molecule is CC1CCC(C)N(Cc2ccc(O)c(Cl)c2)C1. The van der Waals surface area contributed by atoms with Gasteiger partial charge in [-0.05, 0) is 43.4 Å². The predicted molar refractivity (Wildman–Crippen MR) is 71.4 cm³/mol. The van der Waals surface area contributed by atoms with Gasteiger partial charge in [-0.3, -0.25) is 4.90 Å².